The molecule has 1 fully saturated rings. The largest absolute Gasteiger partial charge is 0.490 e. The van der Waals surface area contributed by atoms with Gasteiger partial charge >= 0.3 is 6.03 Å². The number of carbonyl (C=O) groups excluding carboxylic acids is 1. The second kappa shape index (κ2) is 8.40. The minimum Gasteiger partial charge on any atom is -0.490 e. The number of carbonyl (C=O) groups is 1. The first-order chi connectivity index (χ1) is 9.69. The van der Waals surface area contributed by atoms with Crippen LogP contribution in [0.1, 0.15) is 26.7 Å². The minimum absolute atomic E-state index is 0.0461. The Bertz CT molecular complexity index is 401. The van der Waals surface area contributed by atoms with Crippen molar-refractivity contribution in [3.8, 4) is 5.75 Å². The molecular formula is C15H23FN2O2. The predicted molar refractivity (Wildman–Crippen MR) is 77.4 cm³/mol. The number of rotatable bonds is 2. The van der Waals surface area contributed by atoms with Crippen LogP contribution in [0.3, 0.4) is 0 Å². The van der Waals surface area contributed by atoms with Gasteiger partial charge in [0.25, 0.3) is 0 Å². The molecule has 1 aromatic carbocycles. The van der Waals surface area contributed by atoms with Crippen LogP contribution in [0, 0.1) is 5.82 Å². The molecule has 4 nitrogen and oxygen atoms in total. The summed E-state index contributed by atoms with van der Waals surface area (Å²) < 4.78 is 18.5. The van der Waals surface area contributed by atoms with E-state index in [-0.39, 0.29) is 18.0 Å². The van der Waals surface area contributed by atoms with Crippen molar-refractivity contribution in [1.82, 2.24) is 10.2 Å². The third-order valence-corrected chi connectivity index (χ3v) is 3.06. The summed E-state index contributed by atoms with van der Waals surface area (Å²) in [5.74, 6) is 0.409. The van der Waals surface area contributed by atoms with E-state index in [4.69, 9.17) is 4.74 Å². The highest BCUT2D eigenvalue weighted by molar-refractivity contribution is 5.73. The van der Waals surface area contributed by atoms with Crippen molar-refractivity contribution in [1.29, 1.82) is 0 Å². The lowest BCUT2D eigenvalue weighted by molar-refractivity contribution is 0.111. The Labute approximate surface area is 119 Å². The molecule has 2 amide bonds. The highest BCUT2D eigenvalue weighted by atomic mass is 19.1. The summed E-state index contributed by atoms with van der Waals surface area (Å²) >= 11 is 0. The van der Waals surface area contributed by atoms with Crippen molar-refractivity contribution in [2.75, 3.05) is 20.1 Å². The number of piperidine rings is 1. The van der Waals surface area contributed by atoms with Gasteiger partial charge in [-0.2, -0.15) is 0 Å². The zero-order valence-electron chi connectivity index (χ0n) is 12.4. The number of hydrogen-bond donors (Lipinski definition) is 1. The quantitative estimate of drug-likeness (QED) is 0.906. The van der Waals surface area contributed by atoms with Gasteiger partial charge in [-0.05, 0) is 24.3 Å². The number of nitrogens with one attached hydrogen (secondary N) is 1. The number of ether oxygens (including phenoxy) is 1. The molecule has 1 aliphatic heterocycles. The summed E-state index contributed by atoms with van der Waals surface area (Å²) in [6, 6.07) is 5.97. The molecule has 0 aromatic heterocycles. The van der Waals surface area contributed by atoms with Crippen LogP contribution in [-0.4, -0.2) is 37.2 Å². The van der Waals surface area contributed by atoms with Gasteiger partial charge < -0.3 is 15.0 Å². The lowest BCUT2D eigenvalue weighted by atomic mass is 10.1. The molecule has 0 unspecified atom stereocenters. The molecule has 20 heavy (non-hydrogen) atoms. The van der Waals surface area contributed by atoms with Gasteiger partial charge in [0.15, 0.2) is 0 Å². The van der Waals surface area contributed by atoms with Crippen molar-refractivity contribution in [2.45, 2.75) is 32.8 Å². The average molecular weight is 282 g/mol. The monoisotopic (exact) mass is 282 g/mol. The summed E-state index contributed by atoms with van der Waals surface area (Å²) in [4.78, 5) is 13.2. The van der Waals surface area contributed by atoms with Crippen LogP contribution in [0.5, 0.6) is 5.75 Å². The van der Waals surface area contributed by atoms with Crippen LogP contribution in [0.4, 0.5) is 9.18 Å². The fraction of sp³-hybridized carbons (Fsp3) is 0.533. The molecule has 0 atom stereocenters. The smallest absolute Gasteiger partial charge is 0.317 e. The topological polar surface area (TPSA) is 41.6 Å². The standard InChI is InChI=1S/C13H17FN2O2.C2H6/c1-15-13(17)16-8-6-12(7-9-16)18-11-4-2-10(14)3-5-11;1-2/h2-5,12H,6-9H2,1H3,(H,15,17);1-2H3. The van der Waals surface area contributed by atoms with Crippen LogP contribution in [0.2, 0.25) is 0 Å². The Kier molecular flexibility index (Phi) is 6.84. The van der Waals surface area contributed by atoms with E-state index < -0.39 is 0 Å². The van der Waals surface area contributed by atoms with Gasteiger partial charge in [-0.25, -0.2) is 9.18 Å². The van der Waals surface area contributed by atoms with Gasteiger partial charge in [-0.15, -0.1) is 0 Å². The second-order valence-corrected chi connectivity index (χ2v) is 4.31. The maximum absolute atomic E-state index is 12.7. The Morgan fingerprint density at radius 2 is 1.80 bits per heavy atom. The molecule has 0 saturated carbocycles. The van der Waals surface area contributed by atoms with E-state index in [9.17, 15) is 9.18 Å². The van der Waals surface area contributed by atoms with Crippen LogP contribution < -0.4 is 10.1 Å². The maximum atomic E-state index is 12.7. The van der Waals surface area contributed by atoms with Gasteiger partial charge in [0.05, 0.1) is 0 Å². The second-order valence-electron chi connectivity index (χ2n) is 4.31. The molecule has 112 valence electrons. The molecule has 0 bridgehead atoms. The number of halogens is 1. The zero-order valence-corrected chi connectivity index (χ0v) is 12.4. The number of amides is 2. The van der Waals surface area contributed by atoms with Crippen molar-refractivity contribution < 1.29 is 13.9 Å². The highest BCUT2D eigenvalue weighted by Gasteiger charge is 2.23. The molecule has 1 saturated heterocycles. The van der Waals surface area contributed by atoms with Crippen molar-refractivity contribution >= 4 is 6.03 Å². The van der Waals surface area contributed by atoms with Crippen LogP contribution in [0.15, 0.2) is 24.3 Å². The molecule has 1 heterocycles. The average Bonchev–Trinajstić information content (AvgIpc) is 2.51. The Morgan fingerprint density at radius 1 is 1.25 bits per heavy atom. The summed E-state index contributed by atoms with van der Waals surface area (Å²) in [7, 11) is 1.63. The van der Waals surface area contributed by atoms with E-state index >= 15 is 0 Å². The van der Waals surface area contributed by atoms with Gasteiger partial charge in [-0.1, -0.05) is 13.8 Å². The molecular weight excluding hydrogens is 259 g/mol. The van der Waals surface area contributed by atoms with E-state index in [0.717, 1.165) is 12.8 Å². The third kappa shape index (κ3) is 4.72. The highest BCUT2D eigenvalue weighted by Crippen LogP contribution is 2.19. The Morgan fingerprint density at radius 3 is 2.30 bits per heavy atom. The SMILES string of the molecule is CC.CNC(=O)N1CCC(Oc2ccc(F)cc2)CC1. The summed E-state index contributed by atoms with van der Waals surface area (Å²) in [6.07, 6.45) is 1.69. The predicted octanol–water partition coefficient (Wildman–Crippen LogP) is 3.03. The maximum Gasteiger partial charge on any atom is 0.317 e. The van der Waals surface area contributed by atoms with E-state index in [1.54, 1.807) is 24.1 Å². The van der Waals surface area contributed by atoms with Gasteiger partial charge in [0, 0.05) is 33.0 Å². The molecule has 0 spiro atoms. The van der Waals surface area contributed by atoms with Gasteiger partial charge in [-0.3, -0.25) is 0 Å². The van der Waals surface area contributed by atoms with Crippen molar-refractivity contribution in [2.24, 2.45) is 0 Å². The van der Waals surface area contributed by atoms with Crippen molar-refractivity contribution in [3.05, 3.63) is 30.1 Å². The lowest BCUT2D eigenvalue weighted by Crippen LogP contribution is -2.45. The molecule has 0 aliphatic carbocycles. The Balaban J connectivity index is 0.000000956. The summed E-state index contributed by atoms with van der Waals surface area (Å²) in [6.45, 7) is 5.37. The summed E-state index contributed by atoms with van der Waals surface area (Å²) in [5, 5.41) is 2.61. The van der Waals surface area contributed by atoms with E-state index in [1.807, 2.05) is 13.8 Å². The van der Waals surface area contributed by atoms with Gasteiger partial charge in [0.2, 0.25) is 0 Å². The van der Waals surface area contributed by atoms with Crippen LogP contribution in [0.25, 0.3) is 0 Å². The molecule has 2 rings (SSSR count). The number of nitrogens with zero attached hydrogens (tertiary/aromatic N) is 1. The lowest BCUT2D eigenvalue weighted by Gasteiger charge is -2.31. The van der Waals surface area contributed by atoms with Gasteiger partial charge in [0.1, 0.15) is 17.7 Å². The molecule has 5 heteroatoms. The van der Waals surface area contributed by atoms with Crippen LogP contribution in [-0.2, 0) is 0 Å². The molecule has 1 aromatic rings. The summed E-state index contributed by atoms with van der Waals surface area (Å²) in [5.41, 5.74) is 0. The fourth-order valence-electron chi connectivity index (χ4n) is 2.04. The number of hydrogen-bond acceptors (Lipinski definition) is 2. The number of benzene rings is 1. The van der Waals surface area contributed by atoms with E-state index in [1.165, 1.54) is 12.1 Å². The minimum atomic E-state index is -0.267. The first kappa shape index (κ1) is 16.3. The third-order valence-electron chi connectivity index (χ3n) is 3.06. The molecule has 1 aliphatic rings. The van der Waals surface area contributed by atoms with Crippen molar-refractivity contribution in [3.63, 3.8) is 0 Å². The first-order valence-corrected chi connectivity index (χ1v) is 7.08. The van der Waals surface area contributed by atoms with E-state index in [0.29, 0.717) is 18.8 Å². The molecule has 1 N–H and O–H groups in total. The number of urea groups is 1. The number of likely N-dealkylation sites (tertiary alicyclic amines) is 1. The Hall–Kier alpha value is -1.78. The zero-order chi connectivity index (χ0) is 15.0. The fourth-order valence-corrected chi connectivity index (χ4v) is 2.04. The van der Waals surface area contributed by atoms with Crippen LogP contribution >= 0.6 is 0 Å². The molecule has 0 radical (unpaired) electrons. The van der Waals surface area contributed by atoms with E-state index in [2.05, 4.69) is 5.32 Å². The first-order valence-electron chi connectivity index (χ1n) is 7.08. The normalized spacial score (nSPS) is 15.1.